The van der Waals surface area contributed by atoms with E-state index in [1.807, 2.05) is 16.7 Å². The third kappa shape index (κ3) is 2.78. The molecule has 0 aliphatic carbocycles. The quantitative estimate of drug-likeness (QED) is 0.739. The van der Waals surface area contributed by atoms with Crippen LogP contribution in [0.1, 0.15) is 32.0 Å². The molecular formula is C17H24N4O2Si. The average molecular weight is 344 g/mol. The molecule has 0 aliphatic heterocycles. The second kappa shape index (κ2) is 5.53. The number of nitrogens with one attached hydrogen (secondary N) is 1. The topological polar surface area (TPSA) is 72.3 Å². The first-order valence-electron chi connectivity index (χ1n) is 8.10. The van der Waals surface area contributed by atoms with Crippen molar-refractivity contribution in [1.82, 2.24) is 19.4 Å². The number of nitrogens with zero attached hydrogens (tertiary/aromatic N) is 3. The highest BCUT2D eigenvalue weighted by Gasteiger charge is 2.37. The molecule has 7 heteroatoms. The molecule has 0 radical (unpaired) electrons. The van der Waals surface area contributed by atoms with Crippen LogP contribution in [-0.4, -0.2) is 27.7 Å². The maximum Gasteiger partial charge on any atom is 0.269 e. The third-order valence-electron chi connectivity index (χ3n) is 4.96. The lowest BCUT2D eigenvalue weighted by Crippen LogP contribution is -2.40. The van der Waals surface area contributed by atoms with Crippen molar-refractivity contribution < 1.29 is 4.43 Å². The van der Waals surface area contributed by atoms with Crippen LogP contribution in [0.25, 0.3) is 16.8 Å². The highest BCUT2D eigenvalue weighted by molar-refractivity contribution is 6.74. The number of aryl methyl sites for hydroxylation is 1. The predicted octanol–water partition coefficient (Wildman–Crippen LogP) is 3.40. The lowest BCUT2D eigenvalue weighted by Gasteiger charge is -2.36. The number of fused-ring (bicyclic) bond motifs is 3. The van der Waals surface area contributed by atoms with E-state index in [0.717, 1.165) is 11.2 Å². The fraction of sp³-hybridized carbons (Fsp3) is 0.471. The van der Waals surface area contributed by atoms with Gasteiger partial charge in [-0.15, -0.1) is 0 Å². The fourth-order valence-corrected chi connectivity index (χ4v) is 3.30. The van der Waals surface area contributed by atoms with Gasteiger partial charge in [-0.2, -0.15) is 0 Å². The first-order chi connectivity index (χ1) is 11.1. The van der Waals surface area contributed by atoms with E-state index in [1.165, 1.54) is 0 Å². The molecule has 3 rings (SSSR count). The Bertz CT molecular complexity index is 966. The molecule has 0 amide bonds. The van der Waals surface area contributed by atoms with Gasteiger partial charge in [-0.25, -0.2) is 9.97 Å². The Balaban J connectivity index is 2.09. The SMILES string of the molecule is Cc1nc2c(cc(CO[Si](C)(C)C(C)(C)C)c3nccn32)[nH]c1=O. The zero-order chi connectivity index (χ0) is 17.7. The summed E-state index contributed by atoms with van der Waals surface area (Å²) in [6, 6.07) is 1.93. The van der Waals surface area contributed by atoms with Gasteiger partial charge in [0.05, 0.1) is 12.1 Å². The summed E-state index contributed by atoms with van der Waals surface area (Å²) in [6.07, 6.45) is 3.60. The van der Waals surface area contributed by atoms with E-state index >= 15 is 0 Å². The van der Waals surface area contributed by atoms with Gasteiger partial charge in [0.25, 0.3) is 5.56 Å². The Kier molecular flexibility index (Phi) is 3.88. The van der Waals surface area contributed by atoms with Crippen LogP contribution in [0.3, 0.4) is 0 Å². The van der Waals surface area contributed by atoms with E-state index in [1.54, 1.807) is 13.1 Å². The van der Waals surface area contributed by atoms with E-state index < -0.39 is 8.32 Å². The van der Waals surface area contributed by atoms with Gasteiger partial charge in [-0.3, -0.25) is 9.20 Å². The van der Waals surface area contributed by atoms with Crippen LogP contribution in [0, 0.1) is 6.92 Å². The normalized spacial score (nSPS) is 13.1. The Morgan fingerprint density at radius 2 is 2.00 bits per heavy atom. The summed E-state index contributed by atoms with van der Waals surface area (Å²) >= 11 is 0. The Morgan fingerprint density at radius 1 is 1.29 bits per heavy atom. The minimum absolute atomic E-state index is 0.141. The van der Waals surface area contributed by atoms with Gasteiger partial charge in [0.1, 0.15) is 11.3 Å². The minimum Gasteiger partial charge on any atom is -0.412 e. The summed E-state index contributed by atoms with van der Waals surface area (Å²) in [6.45, 7) is 13.3. The first-order valence-corrected chi connectivity index (χ1v) is 11.0. The zero-order valence-corrected chi connectivity index (χ0v) is 16.1. The molecule has 0 spiro atoms. The summed E-state index contributed by atoms with van der Waals surface area (Å²) in [5.41, 5.74) is 3.46. The van der Waals surface area contributed by atoms with Crippen LogP contribution in [0.15, 0.2) is 23.3 Å². The summed E-state index contributed by atoms with van der Waals surface area (Å²) < 4.78 is 8.24. The fourth-order valence-electron chi connectivity index (χ4n) is 2.35. The van der Waals surface area contributed by atoms with Gasteiger partial charge in [0.15, 0.2) is 14.0 Å². The lowest BCUT2D eigenvalue weighted by molar-refractivity contribution is 0.277. The van der Waals surface area contributed by atoms with Crippen molar-refractivity contribution in [1.29, 1.82) is 0 Å². The number of aromatic nitrogens is 4. The molecule has 3 aromatic heterocycles. The number of imidazole rings is 1. The molecule has 128 valence electrons. The number of hydrogen-bond donors (Lipinski definition) is 1. The molecule has 0 aliphatic rings. The molecule has 0 unspecified atom stereocenters. The molecule has 0 atom stereocenters. The second-order valence-corrected chi connectivity index (χ2v) is 12.5. The molecule has 0 saturated carbocycles. The standard InChI is InChI=1S/C17H24N4O2Si/c1-11-16(22)20-13-9-12(10-23-24(5,6)17(2,3)4)14-18-7-8-21(14)15(13)19-11/h7-9H,10H2,1-6H3,(H,20,22). The highest BCUT2D eigenvalue weighted by atomic mass is 28.4. The van der Waals surface area contributed by atoms with E-state index in [2.05, 4.69) is 48.8 Å². The molecular weight excluding hydrogens is 320 g/mol. The summed E-state index contributed by atoms with van der Waals surface area (Å²) in [4.78, 5) is 23.7. The number of rotatable bonds is 3. The van der Waals surface area contributed by atoms with Gasteiger partial charge in [-0.05, 0) is 31.1 Å². The van der Waals surface area contributed by atoms with Crippen molar-refractivity contribution in [3.8, 4) is 0 Å². The van der Waals surface area contributed by atoms with Crippen molar-refractivity contribution in [2.24, 2.45) is 0 Å². The maximum absolute atomic E-state index is 11.9. The van der Waals surface area contributed by atoms with Crippen molar-refractivity contribution in [2.45, 2.75) is 52.4 Å². The number of aromatic amines is 1. The number of pyridine rings is 1. The number of H-pyrrole nitrogens is 1. The Morgan fingerprint density at radius 3 is 2.67 bits per heavy atom. The highest BCUT2D eigenvalue weighted by Crippen LogP contribution is 2.37. The van der Waals surface area contributed by atoms with E-state index in [9.17, 15) is 4.79 Å². The van der Waals surface area contributed by atoms with Crippen LogP contribution < -0.4 is 5.56 Å². The van der Waals surface area contributed by atoms with E-state index in [0.29, 0.717) is 23.5 Å². The molecule has 0 bridgehead atoms. The van der Waals surface area contributed by atoms with Gasteiger partial charge in [0.2, 0.25) is 0 Å². The van der Waals surface area contributed by atoms with Gasteiger partial charge in [-0.1, -0.05) is 20.8 Å². The Hall–Kier alpha value is -1.99. The lowest BCUT2D eigenvalue weighted by atomic mass is 10.2. The summed E-state index contributed by atoms with van der Waals surface area (Å²) in [7, 11) is -1.87. The van der Waals surface area contributed by atoms with E-state index in [-0.39, 0.29) is 10.6 Å². The summed E-state index contributed by atoms with van der Waals surface area (Å²) in [5, 5.41) is 0.141. The average Bonchev–Trinajstić information content (AvgIpc) is 2.95. The largest absolute Gasteiger partial charge is 0.412 e. The van der Waals surface area contributed by atoms with Crippen LogP contribution in [0.4, 0.5) is 0 Å². The molecule has 24 heavy (non-hydrogen) atoms. The minimum atomic E-state index is -1.87. The van der Waals surface area contributed by atoms with Crippen molar-refractivity contribution >= 4 is 25.1 Å². The third-order valence-corrected chi connectivity index (χ3v) is 9.44. The molecule has 6 nitrogen and oxygen atoms in total. The van der Waals surface area contributed by atoms with Crippen molar-refractivity contribution in [3.63, 3.8) is 0 Å². The number of hydrogen-bond acceptors (Lipinski definition) is 4. The molecule has 0 aromatic carbocycles. The van der Waals surface area contributed by atoms with E-state index in [4.69, 9.17) is 4.43 Å². The van der Waals surface area contributed by atoms with Gasteiger partial charge < -0.3 is 9.41 Å². The van der Waals surface area contributed by atoms with Crippen LogP contribution in [0.2, 0.25) is 18.1 Å². The first kappa shape index (κ1) is 16.9. The molecule has 3 heterocycles. The molecule has 3 aromatic rings. The van der Waals surface area contributed by atoms with Crippen molar-refractivity contribution in [3.05, 3.63) is 40.1 Å². The zero-order valence-electron chi connectivity index (χ0n) is 15.1. The van der Waals surface area contributed by atoms with Crippen LogP contribution in [0.5, 0.6) is 0 Å². The Labute approximate surface area is 142 Å². The van der Waals surface area contributed by atoms with Gasteiger partial charge >= 0.3 is 0 Å². The molecule has 1 N–H and O–H groups in total. The summed E-state index contributed by atoms with van der Waals surface area (Å²) in [5.74, 6) is 0. The second-order valence-electron chi connectivity index (χ2n) is 7.73. The molecule has 0 saturated heterocycles. The van der Waals surface area contributed by atoms with Gasteiger partial charge in [0, 0.05) is 18.0 Å². The smallest absolute Gasteiger partial charge is 0.269 e. The van der Waals surface area contributed by atoms with Crippen LogP contribution >= 0.6 is 0 Å². The molecule has 0 fully saturated rings. The predicted molar refractivity (Wildman–Crippen MR) is 97.8 cm³/mol. The maximum atomic E-state index is 11.9. The van der Waals surface area contributed by atoms with Crippen LogP contribution in [-0.2, 0) is 11.0 Å². The monoisotopic (exact) mass is 344 g/mol. The van der Waals surface area contributed by atoms with Crippen molar-refractivity contribution in [2.75, 3.05) is 0 Å².